The van der Waals surface area contributed by atoms with E-state index < -0.39 is 0 Å². The molecule has 1 atom stereocenters. The Labute approximate surface area is 57.6 Å². The predicted molar refractivity (Wildman–Crippen MR) is 36.5 cm³/mol. The third-order valence-electron chi connectivity index (χ3n) is 0.935. The molecule has 1 nitrogen and oxygen atoms in total. The fraction of sp³-hybridized carbons (Fsp3) is 0.167. The van der Waals surface area contributed by atoms with Crippen LogP contribution in [0.5, 0.6) is 0 Å². The van der Waals surface area contributed by atoms with Crippen LogP contribution in [0.2, 0.25) is 0 Å². The van der Waals surface area contributed by atoms with Gasteiger partial charge in [-0.05, 0) is 0 Å². The number of nitrogens with zero attached hydrogens (tertiary/aromatic N) is 1. The monoisotopic (exact) mass is 169 g/mol. The number of pyridine rings is 1. The second-order valence-corrected chi connectivity index (χ2v) is 2.38. The zero-order valence-corrected chi connectivity index (χ0v) is 6.96. The predicted octanol–water partition coefficient (Wildman–Crippen LogP) is 0.215. The van der Waals surface area contributed by atoms with Crippen molar-refractivity contribution in [3.8, 4) is 0 Å². The normalized spacial score (nSPS) is 9.12. The van der Waals surface area contributed by atoms with Gasteiger partial charge in [-0.2, -0.15) is 0 Å². The van der Waals surface area contributed by atoms with Gasteiger partial charge in [0.05, 0.1) is 0 Å². The summed E-state index contributed by atoms with van der Waals surface area (Å²) < 4.78 is 0. The van der Waals surface area contributed by atoms with Crippen molar-refractivity contribution in [3.63, 3.8) is 0 Å². The molecule has 0 bridgehead atoms. The van der Waals surface area contributed by atoms with Gasteiger partial charge in [0.1, 0.15) is 0 Å². The van der Waals surface area contributed by atoms with Gasteiger partial charge in [-0.3, -0.25) is 0 Å². The van der Waals surface area contributed by atoms with Crippen molar-refractivity contribution >= 4 is 16.9 Å². The minimum atomic E-state index is 1.09. The van der Waals surface area contributed by atoms with Crippen molar-refractivity contribution in [1.82, 2.24) is 4.98 Å². The Kier molecular flexibility index (Phi) is 2.10. The molecule has 1 unspecified atom stereocenters. The molecule has 1 aromatic rings. The first-order valence-electron chi connectivity index (χ1n) is 2.53. The van der Waals surface area contributed by atoms with Gasteiger partial charge in [0.2, 0.25) is 0 Å². The molecule has 0 amide bonds. The summed E-state index contributed by atoms with van der Waals surface area (Å²) in [5.74, 6) is 0. The molecule has 1 rings (SSSR count). The van der Waals surface area contributed by atoms with Gasteiger partial charge in [0, 0.05) is 0 Å². The van der Waals surface area contributed by atoms with E-state index in [4.69, 9.17) is 0 Å². The van der Waals surface area contributed by atoms with Crippen LogP contribution in [0.15, 0.2) is 24.4 Å². The van der Waals surface area contributed by atoms with Crippen LogP contribution in [0.3, 0.4) is 0 Å². The van der Waals surface area contributed by atoms with Crippen LogP contribution >= 0.6 is 0 Å². The van der Waals surface area contributed by atoms with Crippen molar-refractivity contribution in [1.29, 1.82) is 0 Å². The molecular formula is C6H8AsN. The fourth-order valence-corrected chi connectivity index (χ4v) is 1.03. The van der Waals surface area contributed by atoms with Crippen molar-refractivity contribution in [2.45, 2.75) is 5.21 Å². The first kappa shape index (κ1) is 5.84. The van der Waals surface area contributed by atoms with E-state index in [1.807, 2.05) is 24.4 Å². The van der Waals surface area contributed by atoms with E-state index in [0.717, 1.165) is 5.21 Å². The molecule has 1 aromatic heterocycles. The molecule has 0 aliphatic carbocycles. The molecule has 42 valence electrons. The van der Waals surface area contributed by atoms with Crippen molar-refractivity contribution in [3.05, 3.63) is 30.1 Å². The van der Waals surface area contributed by atoms with Gasteiger partial charge in [0.25, 0.3) is 0 Å². The van der Waals surface area contributed by atoms with Crippen molar-refractivity contribution in [2.75, 3.05) is 0 Å². The number of hydrogen-bond acceptors (Lipinski definition) is 1. The van der Waals surface area contributed by atoms with Crippen LogP contribution in [0, 0.1) is 0 Å². The topological polar surface area (TPSA) is 12.9 Å². The third kappa shape index (κ3) is 1.34. The maximum absolute atomic E-state index is 4.11. The molecular weight excluding hydrogens is 161 g/mol. The zero-order chi connectivity index (χ0) is 5.82. The standard InChI is InChI=1S/C6H8AsN/c7-5-6-3-1-2-4-8-6/h1-4H,5,7H2. The Bertz CT molecular complexity index is 150. The van der Waals surface area contributed by atoms with Gasteiger partial charge in [-0.25, -0.2) is 0 Å². The van der Waals surface area contributed by atoms with Gasteiger partial charge in [-0.15, -0.1) is 0 Å². The summed E-state index contributed by atoms with van der Waals surface area (Å²) in [6.45, 7) is 0. The van der Waals surface area contributed by atoms with Crippen LogP contribution in [-0.4, -0.2) is 21.8 Å². The molecule has 1 heterocycles. The fourth-order valence-electron chi connectivity index (χ4n) is 0.519. The van der Waals surface area contributed by atoms with E-state index in [1.54, 1.807) is 16.9 Å². The first-order chi connectivity index (χ1) is 3.93. The van der Waals surface area contributed by atoms with E-state index in [2.05, 4.69) is 4.98 Å². The zero-order valence-electron chi connectivity index (χ0n) is 4.54. The molecule has 0 saturated heterocycles. The number of hydrogen-bond donors (Lipinski definition) is 0. The van der Waals surface area contributed by atoms with Crippen LogP contribution in [0.25, 0.3) is 0 Å². The van der Waals surface area contributed by atoms with Crippen LogP contribution in [0.4, 0.5) is 0 Å². The summed E-state index contributed by atoms with van der Waals surface area (Å²) in [6, 6.07) is 6.00. The summed E-state index contributed by atoms with van der Waals surface area (Å²) in [5, 5.41) is 1.09. The Morgan fingerprint density at radius 3 is 2.75 bits per heavy atom. The number of aromatic nitrogens is 1. The molecule has 8 heavy (non-hydrogen) atoms. The molecule has 0 aromatic carbocycles. The van der Waals surface area contributed by atoms with Gasteiger partial charge >= 0.3 is 57.1 Å². The van der Waals surface area contributed by atoms with E-state index in [0.29, 0.717) is 0 Å². The van der Waals surface area contributed by atoms with Gasteiger partial charge < -0.3 is 0 Å². The molecule has 0 radical (unpaired) electrons. The molecule has 2 heteroatoms. The SMILES string of the molecule is [AsH2]Cc1ccccn1. The van der Waals surface area contributed by atoms with E-state index in [9.17, 15) is 0 Å². The molecule has 0 aliphatic rings. The molecule has 0 saturated carbocycles. The van der Waals surface area contributed by atoms with Gasteiger partial charge in [0.15, 0.2) is 0 Å². The summed E-state index contributed by atoms with van der Waals surface area (Å²) in [4.78, 5) is 4.11. The maximum atomic E-state index is 4.11. The summed E-state index contributed by atoms with van der Waals surface area (Å²) in [6.07, 6.45) is 1.83. The molecule has 0 N–H and O–H groups in total. The van der Waals surface area contributed by atoms with Crippen LogP contribution < -0.4 is 0 Å². The minimum absolute atomic E-state index is 1.09. The summed E-state index contributed by atoms with van der Waals surface area (Å²) >= 11 is 1.70. The Morgan fingerprint density at radius 1 is 1.50 bits per heavy atom. The second kappa shape index (κ2) is 2.88. The van der Waals surface area contributed by atoms with Gasteiger partial charge in [-0.1, -0.05) is 0 Å². The summed E-state index contributed by atoms with van der Waals surface area (Å²) in [7, 11) is 0. The van der Waals surface area contributed by atoms with Crippen molar-refractivity contribution in [2.24, 2.45) is 0 Å². The van der Waals surface area contributed by atoms with Crippen molar-refractivity contribution < 1.29 is 0 Å². The Hall–Kier alpha value is -0.292. The second-order valence-electron chi connectivity index (χ2n) is 1.53. The van der Waals surface area contributed by atoms with Crippen LogP contribution in [0.1, 0.15) is 5.69 Å². The average Bonchev–Trinajstić information content (AvgIpc) is 1.90. The first-order valence-corrected chi connectivity index (χ1v) is 4.25. The third-order valence-corrected chi connectivity index (χ3v) is 1.81. The van der Waals surface area contributed by atoms with Crippen LogP contribution in [-0.2, 0) is 5.21 Å². The average molecular weight is 169 g/mol. The Balaban J connectivity index is 2.83. The van der Waals surface area contributed by atoms with E-state index >= 15 is 0 Å². The quantitative estimate of drug-likeness (QED) is 0.548. The van der Waals surface area contributed by atoms with E-state index in [1.165, 1.54) is 5.69 Å². The Morgan fingerprint density at radius 2 is 2.38 bits per heavy atom. The summed E-state index contributed by atoms with van der Waals surface area (Å²) in [5.41, 5.74) is 1.19. The molecule has 0 aliphatic heterocycles. The van der Waals surface area contributed by atoms with E-state index in [-0.39, 0.29) is 0 Å². The molecule has 0 spiro atoms. The number of rotatable bonds is 1. The molecule has 0 fully saturated rings.